The Morgan fingerprint density at radius 3 is 2.26 bits per heavy atom. The Labute approximate surface area is 226 Å². The van der Waals surface area contributed by atoms with Crippen LogP contribution >= 0.6 is 15.9 Å². The Bertz CT molecular complexity index is 1540. The quantitative estimate of drug-likeness (QED) is 0.106. The number of carbonyl (C=O) groups excluding carboxylic acids is 3. The number of hydrogen-bond acceptors (Lipinski definition) is 7. The maximum Gasteiger partial charge on any atom is 0.343 e. The number of anilines is 1. The maximum absolute atomic E-state index is 12.9. The van der Waals surface area contributed by atoms with Crippen LogP contribution in [0.2, 0.25) is 0 Å². The predicted molar refractivity (Wildman–Crippen MR) is 147 cm³/mol. The lowest BCUT2D eigenvalue weighted by molar-refractivity contribution is -0.136. The summed E-state index contributed by atoms with van der Waals surface area (Å²) in [7, 11) is 2.97. The van der Waals surface area contributed by atoms with Crippen molar-refractivity contribution in [2.75, 3.05) is 19.5 Å². The Morgan fingerprint density at radius 1 is 0.816 bits per heavy atom. The molecule has 0 radical (unpaired) electrons. The Kier molecular flexibility index (Phi) is 8.34. The SMILES string of the molecule is COc1ccc(C(=O)Oc2ccc3ccccc3c2/C=N/NC(=O)C(=O)Nc2ccc(Br)cc2)cc1OC. The number of nitrogens with zero attached hydrogens (tertiary/aromatic N) is 1. The van der Waals surface area contributed by atoms with E-state index < -0.39 is 17.8 Å². The average molecular weight is 576 g/mol. The summed E-state index contributed by atoms with van der Waals surface area (Å²) < 4.78 is 17.0. The van der Waals surface area contributed by atoms with Gasteiger partial charge in [0.2, 0.25) is 0 Å². The van der Waals surface area contributed by atoms with Crippen molar-refractivity contribution in [1.29, 1.82) is 0 Å². The third-order valence-electron chi connectivity index (χ3n) is 5.42. The number of amides is 2. The minimum atomic E-state index is -0.965. The van der Waals surface area contributed by atoms with E-state index in [9.17, 15) is 14.4 Å². The van der Waals surface area contributed by atoms with Gasteiger partial charge >= 0.3 is 17.8 Å². The number of nitrogens with one attached hydrogen (secondary N) is 2. The molecule has 2 N–H and O–H groups in total. The summed E-state index contributed by atoms with van der Waals surface area (Å²) in [5.74, 6) is -1.42. The lowest BCUT2D eigenvalue weighted by atomic mass is 10.0. The van der Waals surface area contributed by atoms with Gasteiger partial charge in [0.05, 0.1) is 26.0 Å². The van der Waals surface area contributed by atoms with E-state index in [-0.39, 0.29) is 11.3 Å². The fourth-order valence-electron chi connectivity index (χ4n) is 3.55. The summed E-state index contributed by atoms with van der Waals surface area (Å²) in [6.45, 7) is 0. The molecule has 0 saturated carbocycles. The predicted octanol–water partition coefficient (Wildman–Crippen LogP) is 4.93. The molecule has 0 heterocycles. The molecule has 4 rings (SSSR count). The molecule has 0 aliphatic rings. The summed E-state index contributed by atoms with van der Waals surface area (Å²) in [4.78, 5) is 37.4. The fraction of sp³-hybridized carbons (Fsp3) is 0.0714. The third-order valence-corrected chi connectivity index (χ3v) is 5.95. The molecule has 38 heavy (non-hydrogen) atoms. The molecular weight excluding hydrogens is 554 g/mol. The first kappa shape index (κ1) is 26.4. The van der Waals surface area contributed by atoms with E-state index >= 15 is 0 Å². The lowest BCUT2D eigenvalue weighted by Gasteiger charge is -2.12. The smallest absolute Gasteiger partial charge is 0.343 e. The monoisotopic (exact) mass is 575 g/mol. The number of carbonyl (C=O) groups is 3. The van der Waals surface area contributed by atoms with E-state index in [0.717, 1.165) is 15.2 Å². The number of hydrogen-bond donors (Lipinski definition) is 2. The summed E-state index contributed by atoms with van der Waals surface area (Å²) in [6.07, 6.45) is 1.32. The van der Waals surface area contributed by atoms with E-state index in [1.54, 1.807) is 48.5 Å². The molecule has 0 unspecified atom stereocenters. The summed E-state index contributed by atoms with van der Waals surface area (Å²) in [5, 5.41) is 8.01. The molecule has 2 amide bonds. The van der Waals surface area contributed by atoms with Gasteiger partial charge in [0, 0.05) is 15.7 Å². The molecule has 9 nitrogen and oxygen atoms in total. The highest BCUT2D eigenvalue weighted by Crippen LogP contribution is 2.30. The molecule has 0 fully saturated rings. The topological polar surface area (TPSA) is 115 Å². The molecular formula is C28H22BrN3O6. The standard InChI is InChI=1S/C28H22BrN3O6/c1-36-24-14-8-18(15-25(24)37-2)28(35)38-23-13-7-17-5-3-4-6-21(17)22(23)16-30-32-27(34)26(33)31-20-11-9-19(29)10-12-20/h3-16H,1-2H3,(H,31,33)(H,32,34)/b30-16+. The van der Waals surface area contributed by atoms with Gasteiger partial charge in [0.15, 0.2) is 11.5 Å². The van der Waals surface area contributed by atoms with Gasteiger partial charge in [-0.2, -0.15) is 5.10 Å². The molecule has 4 aromatic rings. The van der Waals surface area contributed by atoms with Crippen molar-refractivity contribution in [3.8, 4) is 17.2 Å². The lowest BCUT2D eigenvalue weighted by Crippen LogP contribution is -2.32. The number of fused-ring (bicyclic) bond motifs is 1. The second kappa shape index (κ2) is 12.0. The van der Waals surface area contributed by atoms with Crippen molar-refractivity contribution in [3.05, 3.63) is 94.5 Å². The molecule has 4 aromatic carbocycles. The Hall–Kier alpha value is -4.70. The molecule has 0 saturated heterocycles. The number of benzene rings is 4. The van der Waals surface area contributed by atoms with Gasteiger partial charge in [-0.1, -0.05) is 46.3 Å². The molecule has 0 aliphatic heterocycles. The first-order valence-electron chi connectivity index (χ1n) is 11.3. The molecule has 0 aliphatic carbocycles. The van der Waals surface area contributed by atoms with E-state index in [1.165, 1.54) is 26.5 Å². The average Bonchev–Trinajstić information content (AvgIpc) is 2.94. The van der Waals surface area contributed by atoms with Crippen LogP contribution in [0.25, 0.3) is 10.8 Å². The second-order valence-corrected chi connectivity index (χ2v) is 8.73. The molecule has 0 aromatic heterocycles. The van der Waals surface area contributed by atoms with Crippen molar-refractivity contribution in [2.24, 2.45) is 5.10 Å². The van der Waals surface area contributed by atoms with Crippen LogP contribution in [0.4, 0.5) is 5.69 Å². The minimum absolute atomic E-state index is 0.209. The highest BCUT2D eigenvalue weighted by molar-refractivity contribution is 9.10. The van der Waals surface area contributed by atoms with Crippen LogP contribution in [0.1, 0.15) is 15.9 Å². The van der Waals surface area contributed by atoms with Crippen molar-refractivity contribution in [3.63, 3.8) is 0 Å². The fourth-order valence-corrected chi connectivity index (χ4v) is 3.81. The molecule has 0 spiro atoms. The number of methoxy groups -OCH3 is 2. The van der Waals surface area contributed by atoms with Gasteiger partial charge in [0.1, 0.15) is 5.75 Å². The van der Waals surface area contributed by atoms with Gasteiger partial charge < -0.3 is 19.5 Å². The molecule has 192 valence electrons. The van der Waals surface area contributed by atoms with Crippen LogP contribution in [0, 0.1) is 0 Å². The summed E-state index contributed by atoms with van der Waals surface area (Å²) in [5.41, 5.74) is 3.34. The number of ether oxygens (including phenoxy) is 3. The number of esters is 1. The van der Waals surface area contributed by atoms with Crippen LogP contribution in [0.3, 0.4) is 0 Å². The van der Waals surface area contributed by atoms with E-state index in [2.05, 4.69) is 31.8 Å². The van der Waals surface area contributed by atoms with Crippen molar-refractivity contribution in [2.45, 2.75) is 0 Å². The largest absolute Gasteiger partial charge is 0.493 e. The zero-order valence-electron chi connectivity index (χ0n) is 20.4. The zero-order valence-corrected chi connectivity index (χ0v) is 21.9. The van der Waals surface area contributed by atoms with Gasteiger partial charge in [-0.15, -0.1) is 0 Å². The van der Waals surface area contributed by atoms with Gasteiger partial charge in [-0.25, -0.2) is 10.2 Å². The van der Waals surface area contributed by atoms with Gasteiger partial charge in [-0.3, -0.25) is 9.59 Å². The Balaban J connectivity index is 1.55. The van der Waals surface area contributed by atoms with Crippen molar-refractivity contribution in [1.82, 2.24) is 5.43 Å². The molecule has 10 heteroatoms. The van der Waals surface area contributed by atoms with E-state index in [1.807, 2.05) is 24.3 Å². The second-order valence-electron chi connectivity index (χ2n) is 7.82. The van der Waals surface area contributed by atoms with Crippen LogP contribution in [-0.2, 0) is 9.59 Å². The van der Waals surface area contributed by atoms with Gasteiger partial charge in [-0.05, 0) is 59.3 Å². The summed E-state index contributed by atoms with van der Waals surface area (Å²) in [6, 6.07) is 22.3. The van der Waals surface area contributed by atoms with Crippen LogP contribution < -0.4 is 25.0 Å². The first-order valence-corrected chi connectivity index (χ1v) is 12.0. The maximum atomic E-state index is 12.9. The molecule has 0 bridgehead atoms. The Morgan fingerprint density at radius 2 is 1.53 bits per heavy atom. The van der Waals surface area contributed by atoms with Crippen molar-refractivity contribution >= 4 is 56.4 Å². The highest BCUT2D eigenvalue weighted by atomic mass is 79.9. The first-order chi connectivity index (χ1) is 18.4. The normalized spacial score (nSPS) is 10.7. The van der Waals surface area contributed by atoms with Crippen LogP contribution in [-0.4, -0.2) is 38.2 Å². The number of hydrazone groups is 1. The van der Waals surface area contributed by atoms with Crippen LogP contribution in [0.15, 0.2) is 88.4 Å². The zero-order chi connectivity index (χ0) is 27.1. The number of halogens is 1. The summed E-state index contributed by atoms with van der Waals surface area (Å²) >= 11 is 3.31. The van der Waals surface area contributed by atoms with Crippen molar-refractivity contribution < 1.29 is 28.6 Å². The van der Waals surface area contributed by atoms with Gasteiger partial charge in [0.25, 0.3) is 0 Å². The van der Waals surface area contributed by atoms with Crippen LogP contribution in [0.5, 0.6) is 17.2 Å². The minimum Gasteiger partial charge on any atom is -0.493 e. The molecule has 0 atom stereocenters. The number of rotatable bonds is 7. The third kappa shape index (κ3) is 6.16. The van der Waals surface area contributed by atoms with E-state index in [0.29, 0.717) is 22.7 Å². The van der Waals surface area contributed by atoms with E-state index in [4.69, 9.17) is 14.2 Å². The highest BCUT2D eigenvalue weighted by Gasteiger charge is 2.17.